The highest BCUT2D eigenvalue weighted by Crippen LogP contribution is 2.32. The number of hydrogen-bond acceptors (Lipinski definition) is 16. The van der Waals surface area contributed by atoms with Crippen LogP contribution in [0.25, 0.3) is 0 Å². The van der Waals surface area contributed by atoms with Crippen LogP contribution in [0.2, 0.25) is 5.15 Å². The number of methoxy groups -OCH3 is 2. The second kappa shape index (κ2) is 21.4. The number of nitrogens with two attached hydrogens (primary N) is 2. The third kappa shape index (κ3) is 11.2. The molecule has 5 aromatic rings. The summed E-state index contributed by atoms with van der Waals surface area (Å²) >= 11 is 10.7. The molecule has 0 saturated carbocycles. The molecule has 2 aromatic carbocycles. The van der Waals surface area contributed by atoms with Gasteiger partial charge in [0.1, 0.15) is 70.6 Å². The van der Waals surface area contributed by atoms with Gasteiger partial charge in [-0.05, 0) is 61.1 Å². The van der Waals surface area contributed by atoms with E-state index in [9.17, 15) is 14.4 Å². The molecule has 59 heavy (non-hydrogen) atoms. The highest BCUT2D eigenvalue weighted by atomic mass is 35.5. The number of carbonyl (C=O) groups is 3. The largest absolute Gasteiger partial charge is 0.497 e. The number of amides is 1. The number of carbonyl (C=O) groups excluding carboxylic acids is 3. The van der Waals surface area contributed by atoms with Crippen molar-refractivity contribution in [2.75, 3.05) is 58.4 Å². The number of aromatic nitrogens is 6. The molecule has 17 nitrogen and oxygen atoms in total. The third-order valence-corrected chi connectivity index (χ3v) is 9.52. The van der Waals surface area contributed by atoms with Crippen molar-refractivity contribution in [3.8, 4) is 29.1 Å². The molecule has 0 fully saturated rings. The number of nitrogens with zero attached hydrogens (tertiary/aromatic N) is 6. The van der Waals surface area contributed by atoms with Crippen LogP contribution < -0.4 is 40.5 Å². The number of anilines is 2. The fourth-order valence-corrected chi connectivity index (χ4v) is 6.46. The van der Waals surface area contributed by atoms with Crippen molar-refractivity contribution in [2.24, 2.45) is 11.8 Å². The summed E-state index contributed by atoms with van der Waals surface area (Å²) in [7, 11) is 3.25. The van der Waals surface area contributed by atoms with Gasteiger partial charge in [0.15, 0.2) is 11.6 Å². The van der Waals surface area contributed by atoms with E-state index < -0.39 is 0 Å². The highest BCUT2D eigenvalue weighted by Gasteiger charge is 2.31. The maximum Gasteiger partial charge on any atom is 0.260 e. The molecule has 2 unspecified atom stereocenters. The van der Waals surface area contributed by atoms with E-state index in [4.69, 9.17) is 46.8 Å². The van der Waals surface area contributed by atoms with Gasteiger partial charge in [0.25, 0.3) is 5.91 Å². The Morgan fingerprint density at radius 3 is 1.56 bits per heavy atom. The first-order chi connectivity index (χ1) is 28.7. The molecule has 6 heterocycles. The molecule has 0 spiro atoms. The minimum atomic E-state index is -0.286. The lowest BCUT2D eigenvalue weighted by atomic mass is 9.90. The number of nitrogen functional groups attached to an aromatic ring is 2. The van der Waals surface area contributed by atoms with Crippen LogP contribution >= 0.6 is 23.2 Å². The Labute approximate surface area is 350 Å². The van der Waals surface area contributed by atoms with Crippen LogP contribution in [-0.2, 0) is 12.8 Å². The van der Waals surface area contributed by atoms with Crippen molar-refractivity contribution in [2.45, 2.75) is 25.7 Å². The van der Waals surface area contributed by atoms with E-state index in [1.165, 1.54) is 25.4 Å². The number of benzene rings is 2. The van der Waals surface area contributed by atoms with Gasteiger partial charge in [-0.3, -0.25) is 14.4 Å². The van der Waals surface area contributed by atoms with Gasteiger partial charge in [0.2, 0.25) is 17.6 Å². The molecular weight excluding hydrogens is 805 g/mol. The summed E-state index contributed by atoms with van der Waals surface area (Å²) in [6.07, 6.45) is 7.85. The zero-order valence-electron chi connectivity index (χ0n) is 32.5. The van der Waals surface area contributed by atoms with Crippen molar-refractivity contribution in [1.82, 2.24) is 35.2 Å². The molecule has 8 rings (SSSR count). The lowest BCUT2D eigenvalue weighted by Gasteiger charge is -2.13. The first-order valence-electron chi connectivity index (χ1n) is 18.3. The Balaban J connectivity index is 0.000000170. The van der Waals surface area contributed by atoms with E-state index in [-0.39, 0.29) is 69.3 Å². The normalized spacial score (nSPS) is 16.4. The molecule has 0 bridgehead atoms. The van der Waals surface area contributed by atoms with Gasteiger partial charge in [-0.25, -0.2) is 29.9 Å². The van der Waals surface area contributed by atoms with Crippen molar-refractivity contribution >= 4 is 52.3 Å². The number of ketones is 2. The zero-order valence-corrected chi connectivity index (χ0v) is 34.0. The van der Waals surface area contributed by atoms with Gasteiger partial charge >= 0.3 is 0 Å². The smallest absolute Gasteiger partial charge is 0.260 e. The highest BCUT2D eigenvalue weighted by molar-refractivity contribution is 6.33. The first-order valence-corrected chi connectivity index (χ1v) is 19.4. The quantitative estimate of drug-likeness (QED) is 0.152. The number of alkyl halides is 1. The Hall–Kier alpha value is -6.33. The van der Waals surface area contributed by atoms with Crippen LogP contribution in [0.5, 0.6) is 29.1 Å². The monoisotopic (exact) mass is 847 g/mol. The van der Waals surface area contributed by atoms with Gasteiger partial charge in [0, 0.05) is 18.2 Å². The number of rotatable bonds is 6. The molecule has 0 radical (unpaired) electrons. The molecule has 3 aliphatic heterocycles. The Kier molecular flexibility index (Phi) is 15.9. The second-order valence-electron chi connectivity index (χ2n) is 12.8. The second-order valence-corrected chi connectivity index (χ2v) is 13.2. The van der Waals surface area contributed by atoms with E-state index in [0.29, 0.717) is 63.2 Å². The number of halogens is 2. The lowest BCUT2D eigenvalue weighted by molar-refractivity contribution is 0.0908. The molecule has 2 atom stereocenters. The fourth-order valence-electron chi connectivity index (χ4n) is 6.24. The predicted molar refractivity (Wildman–Crippen MR) is 219 cm³/mol. The summed E-state index contributed by atoms with van der Waals surface area (Å²) in [5, 5.41) is 2.77. The van der Waals surface area contributed by atoms with Crippen molar-refractivity contribution in [3.63, 3.8) is 0 Å². The van der Waals surface area contributed by atoms with E-state index in [1.807, 2.05) is 48.5 Å². The van der Waals surface area contributed by atoms with Crippen molar-refractivity contribution in [1.29, 1.82) is 0 Å². The van der Waals surface area contributed by atoms with Crippen LogP contribution in [0.4, 0.5) is 11.6 Å². The fraction of sp³-hybridized carbons (Fsp3) is 0.325. The van der Waals surface area contributed by atoms with Gasteiger partial charge in [-0.1, -0.05) is 35.9 Å². The summed E-state index contributed by atoms with van der Waals surface area (Å²) in [5.41, 5.74) is 14.3. The SMILES string of the molecule is CCl.COc1ccc(CC2CCOc3ncnc(Cl)c3C2=O)cc1.COc1ccc(CC2CCOc3ncnc(N)c3C2=O)cc1.Nc1ncnc2c1C(=O)NCCO2. The number of hydrogen-bond donors (Lipinski definition) is 3. The van der Waals surface area contributed by atoms with Crippen LogP contribution in [0.1, 0.15) is 55.0 Å². The summed E-state index contributed by atoms with van der Waals surface area (Å²) < 4.78 is 26.5. The Morgan fingerprint density at radius 2 is 1.05 bits per heavy atom. The summed E-state index contributed by atoms with van der Waals surface area (Å²) in [6.45, 7) is 1.73. The lowest BCUT2D eigenvalue weighted by Crippen LogP contribution is -2.25. The van der Waals surface area contributed by atoms with E-state index in [0.717, 1.165) is 22.6 Å². The van der Waals surface area contributed by atoms with Gasteiger partial charge < -0.3 is 40.5 Å². The zero-order chi connectivity index (χ0) is 42.3. The van der Waals surface area contributed by atoms with E-state index in [1.54, 1.807) is 14.2 Å². The summed E-state index contributed by atoms with van der Waals surface area (Å²) in [5.74, 6) is 1.94. The molecule has 1 amide bonds. The third-order valence-electron chi connectivity index (χ3n) is 9.23. The molecule has 310 valence electrons. The van der Waals surface area contributed by atoms with E-state index >= 15 is 0 Å². The number of Topliss-reactive ketones (excluding diaryl/α,β-unsaturated/α-hetero) is 2. The predicted octanol–water partition coefficient (Wildman–Crippen LogP) is 4.89. The molecule has 0 aliphatic carbocycles. The molecule has 5 N–H and O–H groups in total. The summed E-state index contributed by atoms with van der Waals surface area (Å²) in [4.78, 5) is 60.1. The first kappa shape index (κ1) is 43.8. The van der Waals surface area contributed by atoms with Crippen LogP contribution in [-0.4, -0.2) is 94.3 Å². The number of ether oxygens (including phenoxy) is 5. The van der Waals surface area contributed by atoms with E-state index in [2.05, 4.69) is 46.8 Å². The van der Waals surface area contributed by atoms with Crippen molar-refractivity contribution < 1.29 is 38.1 Å². The average Bonchev–Trinajstić information content (AvgIpc) is 3.63. The van der Waals surface area contributed by atoms with Crippen LogP contribution in [0.15, 0.2) is 67.5 Å². The molecule has 3 aliphatic rings. The number of nitrogens with one attached hydrogen (secondary N) is 1. The summed E-state index contributed by atoms with van der Waals surface area (Å²) in [6, 6.07) is 15.4. The van der Waals surface area contributed by atoms with Gasteiger partial charge in [-0.15, -0.1) is 11.6 Å². The van der Waals surface area contributed by atoms with Crippen LogP contribution in [0, 0.1) is 11.8 Å². The average molecular weight is 849 g/mol. The number of fused-ring (bicyclic) bond motifs is 3. The molecule has 0 saturated heterocycles. The van der Waals surface area contributed by atoms with Gasteiger partial charge in [0.05, 0.1) is 34.0 Å². The topological polar surface area (TPSA) is 239 Å². The minimum absolute atomic E-state index is 0.0542. The Bertz CT molecular complexity index is 2090. The molecule has 3 aromatic heterocycles. The Morgan fingerprint density at radius 1 is 0.627 bits per heavy atom. The van der Waals surface area contributed by atoms with Crippen molar-refractivity contribution in [3.05, 3.63) is 100 Å². The maximum absolute atomic E-state index is 12.7. The maximum atomic E-state index is 12.7. The van der Waals surface area contributed by atoms with Crippen LogP contribution in [0.3, 0.4) is 0 Å². The standard InChI is InChI=1S/C16H15ClN2O3.C16H17N3O3.C7H8N4O2.CH3Cl/c2*1-21-12-4-2-10(3-5-12)8-11-6-7-22-16-13(14(11)20)15(17)18-9-19-16;8-5-4-6(12)9-1-2-13-7(4)11-3-10-5;1-2/h2-5,9,11H,6-8H2,1H3;2-5,9,11H,6-8H2,1H3,(H2,17,18,19);3H,1-2H2,(H,9,12)(H2,8,10,11);1H3. The minimum Gasteiger partial charge on any atom is -0.497 e. The molecular formula is C40H43Cl2N9O8. The van der Waals surface area contributed by atoms with Gasteiger partial charge in [-0.2, -0.15) is 0 Å². The molecule has 19 heteroatoms.